The third kappa shape index (κ3) is 3.75. The van der Waals surface area contributed by atoms with Crippen LogP contribution >= 0.6 is 11.6 Å². The van der Waals surface area contributed by atoms with E-state index in [-0.39, 0.29) is 16.7 Å². The lowest BCUT2D eigenvalue weighted by molar-refractivity contribution is 0.402. The number of sulfonamides is 1. The zero-order valence-corrected chi connectivity index (χ0v) is 13.3. The quantitative estimate of drug-likeness (QED) is 0.916. The maximum absolute atomic E-state index is 12.5. The first-order valence-electron chi connectivity index (χ1n) is 6.35. The highest BCUT2D eigenvalue weighted by molar-refractivity contribution is 7.89. The fourth-order valence-corrected chi connectivity index (χ4v) is 3.63. The van der Waals surface area contributed by atoms with Crippen molar-refractivity contribution in [1.82, 2.24) is 4.72 Å². The molecular weight excluding hydrogens is 310 g/mol. The predicted octanol–water partition coefficient (Wildman–Crippen LogP) is 3.39. The molecule has 0 aromatic heterocycles. The van der Waals surface area contributed by atoms with Gasteiger partial charge in [0.2, 0.25) is 10.0 Å². The molecule has 0 amide bonds. The van der Waals surface area contributed by atoms with Crippen molar-refractivity contribution < 1.29 is 13.2 Å². The number of hydrogen-bond donors (Lipinski definition) is 1. The lowest BCUT2D eigenvalue weighted by atomic mass is 10.1. The van der Waals surface area contributed by atoms with Gasteiger partial charge >= 0.3 is 0 Å². The fourth-order valence-electron chi connectivity index (χ4n) is 1.97. The highest BCUT2D eigenvalue weighted by Gasteiger charge is 2.22. The normalized spacial score (nSPS) is 12.9. The summed E-state index contributed by atoms with van der Waals surface area (Å²) in [7, 11) is -2.31. The molecule has 2 rings (SSSR count). The molecule has 0 radical (unpaired) electrons. The molecule has 0 heterocycles. The number of ether oxygens (including phenoxy) is 1. The topological polar surface area (TPSA) is 55.4 Å². The van der Waals surface area contributed by atoms with Crippen LogP contribution in [0.2, 0.25) is 5.02 Å². The van der Waals surface area contributed by atoms with Crippen LogP contribution in [0.5, 0.6) is 5.75 Å². The van der Waals surface area contributed by atoms with Gasteiger partial charge in [-0.3, -0.25) is 0 Å². The van der Waals surface area contributed by atoms with E-state index in [9.17, 15) is 8.42 Å². The van der Waals surface area contributed by atoms with Gasteiger partial charge in [-0.1, -0.05) is 41.9 Å². The first-order valence-corrected chi connectivity index (χ1v) is 8.21. The Hall–Kier alpha value is -1.56. The molecule has 0 aliphatic heterocycles. The highest BCUT2D eigenvalue weighted by atomic mass is 35.5. The summed E-state index contributed by atoms with van der Waals surface area (Å²) in [5.74, 6) is 0.257. The molecular formula is C15H16ClNO3S. The van der Waals surface area contributed by atoms with Gasteiger partial charge in [0.15, 0.2) is 0 Å². The van der Waals surface area contributed by atoms with Crippen LogP contribution in [0.3, 0.4) is 0 Å². The Bertz CT molecular complexity index is 717. The van der Waals surface area contributed by atoms with Crippen LogP contribution in [-0.4, -0.2) is 15.5 Å². The maximum Gasteiger partial charge on any atom is 0.244 e. The van der Waals surface area contributed by atoms with Gasteiger partial charge in [-0.2, -0.15) is 0 Å². The second kappa shape index (κ2) is 6.47. The number of hydrogen-bond acceptors (Lipinski definition) is 3. The van der Waals surface area contributed by atoms with Crippen molar-refractivity contribution in [1.29, 1.82) is 0 Å². The maximum atomic E-state index is 12.5. The summed E-state index contributed by atoms with van der Waals surface area (Å²) in [5.41, 5.74) is 0.877. The van der Waals surface area contributed by atoms with E-state index in [1.165, 1.54) is 19.2 Å². The average molecular weight is 326 g/mol. The molecule has 6 heteroatoms. The number of halogens is 1. The number of nitrogens with one attached hydrogen (secondary N) is 1. The molecule has 0 aliphatic carbocycles. The Kier molecular flexibility index (Phi) is 4.88. The molecule has 0 fully saturated rings. The van der Waals surface area contributed by atoms with Crippen molar-refractivity contribution in [2.45, 2.75) is 17.9 Å². The molecule has 0 saturated heterocycles. The zero-order chi connectivity index (χ0) is 15.5. The molecule has 4 nitrogen and oxygen atoms in total. The Balaban J connectivity index is 2.33. The molecule has 112 valence electrons. The van der Waals surface area contributed by atoms with E-state index in [2.05, 4.69) is 4.72 Å². The van der Waals surface area contributed by atoms with Gasteiger partial charge < -0.3 is 4.74 Å². The first kappa shape index (κ1) is 15.8. The monoisotopic (exact) mass is 325 g/mol. The van der Waals surface area contributed by atoms with Crippen LogP contribution in [0, 0.1) is 0 Å². The minimum atomic E-state index is -3.73. The van der Waals surface area contributed by atoms with Crippen LogP contribution in [0.25, 0.3) is 0 Å². The minimum absolute atomic E-state index is 0.0280. The first-order chi connectivity index (χ1) is 9.94. The minimum Gasteiger partial charge on any atom is -0.495 e. The van der Waals surface area contributed by atoms with Gasteiger partial charge in [0, 0.05) is 11.1 Å². The SMILES string of the molecule is COc1ccc(Cl)cc1S(=O)(=O)N[C@@H](C)c1ccccc1. The van der Waals surface area contributed by atoms with E-state index in [4.69, 9.17) is 16.3 Å². The molecule has 0 bridgehead atoms. The molecule has 2 aromatic rings. The Morgan fingerprint density at radius 2 is 1.81 bits per heavy atom. The van der Waals surface area contributed by atoms with Gasteiger partial charge in [-0.05, 0) is 30.7 Å². The molecule has 1 atom stereocenters. The van der Waals surface area contributed by atoms with Gasteiger partial charge in [-0.15, -0.1) is 0 Å². The molecule has 1 N–H and O–H groups in total. The van der Waals surface area contributed by atoms with Crippen molar-refractivity contribution >= 4 is 21.6 Å². The standard InChI is InChI=1S/C15H16ClNO3S/c1-11(12-6-4-3-5-7-12)17-21(18,19)15-10-13(16)8-9-14(15)20-2/h3-11,17H,1-2H3/t11-/m0/s1. The third-order valence-corrected chi connectivity index (χ3v) is 4.84. The van der Waals surface area contributed by atoms with Crippen LogP contribution in [0.1, 0.15) is 18.5 Å². The number of benzene rings is 2. The average Bonchev–Trinajstić information content (AvgIpc) is 2.47. The third-order valence-electron chi connectivity index (χ3n) is 3.05. The van der Waals surface area contributed by atoms with Gasteiger partial charge in [-0.25, -0.2) is 13.1 Å². The summed E-state index contributed by atoms with van der Waals surface area (Å²) in [5, 5.41) is 0.337. The van der Waals surface area contributed by atoms with Crippen LogP contribution in [-0.2, 0) is 10.0 Å². The number of rotatable bonds is 5. The van der Waals surface area contributed by atoms with E-state index in [1.54, 1.807) is 13.0 Å². The van der Waals surface area contributed by atoms with Crippen LogP contribution < -0.4 is 9.46 Å². The summed E-state index contributed by atoms with van der Waals surface area (Å²) < 4.78 is 32.7. The zero-order valence-electron chi connectivity index (χ0n) is 11.7. The second-order valence-corrected chi connectivity index (χ2v) is 6.67. The summed E-state index contributed by atoms with van der Waals surface area (Å²) in [6.07, 6.45) is 0. The summed E-state index contributed by atoms with van der Waals surface area (Å²) in [4.78, 5) is 0.0280. The van der Waals surface area contributed by atoms with E-state index < -0.39 is 10.0 Å². The Morgan fingerprint density at radius 1 is 1.14 bits per heavy atom. The summed E-state index contributed by atoms with van der Waals surface area (Å²) in [6, 6.07) is 13.5. The van der Waals surface area contributed by atoms with Crippen molar-refractivity contribution in [3.8, 4) is 5.75 Å². The van der Waals surface area contributed by atoms with Crippen molar-refractivity contribution in [3.63, 3.8) is 0 Å². The van der Waals surface area contributed by atoms with Gasteiger partial charge in [0.25, 0.3) is 0 Å². The lowest BCUT2D eigenvalue weighted by Gasteiger charge is -2.16. The van der Waals surface area contributed by atoms with Crippen LogP contribution in [0.15, 0.2) is 53.4 Å². The lowest BCUT2D eigenvalue weighted by Crippen LogP contribution is -2.27. The summed E-state index contributed by atoms with van der Waals surface area (Å²) in [6.45, 7) is 1.78. The fraction of sp³-hybridized carbons (Fsp3) is 0.200. The van der Waals surface area contributed by atoms with E-state index in [0.717, 1.165) is 5.56 Å². The van der Waals surface area contributed by atoms with E-state index in [1.807, 2.05) is 30.3 Å². The van der Waals surface area contributed by atoms with Crippen molar-refractivity contribution in [3.05, 3.63) is 59.1 Å². The number of methoxy groups -OCH3 is 1. The van der Waals surface area contributed by atoms with Gasteiger partial charge in [0.1, 0.15) is 10.6 Å². The molecule has 2 aromatic carbocycles. The Labute approximate surface area is 129 Å². The van der Waals surface area contributed by atoms with Crippen molar-refractivity contribution in [2.75, 3.05) is 7.11 Å². The van der Waals surface area contributed by atoms with Crippen molar-refractivity contribution in [2.24, 2.45) is 0 Å². The summed E-state index contributed by atoms with van der Waals surface area (Å²) >= 11 is 5.89. The van der Waals surface area contributed by atoms with Crippen LogP contribution in [0.4, 0.5) is 0 Å². The molecule has 21 heavy (non-hydrogen) atoms. The van der Waals surface area contributed by atoms with E-state index in [0.29, 0.717) is 5.02 Å². The smallest absolute Gasteiger partial charge is 0.244 e. The van der Waals surface area contributed by atoms with E-state index >= 15 is 0 Å². The predicted molar refractivity (Wildman–Crippen MR) is 83.2 cm³/mol. The Morgan fingerprint density at radius 3 is 2.43 bits per heavy atom. The molecule has 0 saturated carbocycles. The second-order valence-electron chi connectivity index (χ2n) is 4.55. The largest absolute Gasteiger partial charge is 0.495 e. The molecule has 0 spiro atoms. The molecule has 0 aliphatic rings. The highest BCUT2D eigenvalue weighted by Crippen LogP contribution is 2.28. The molecule has 0 unspecified atom stereocenters. The van der Waals surface area contributed by atoms with Gasteiger partial charge in [0.05, 0.1) is 7.11 Å².